The minimum atomic E-state index is -0.621. The number of hydrogen-bond donors (Lipinski definition) is 0. The number of halogens is 2. The summed E-state index contributed by atoms with van der Waals surface area (Å²) >= 11 is 0. The predicted molar refractivity (Wildman–Crippen MR) is 318 cm³/mol. The second-order valence-electron chi connectivity index (χ2n) is 23.8. The van der Waals surface area contributed by atoms with Gasteiger partial charge in [-0.05, 0) is 171 Å². The van der Waals surface area contributed by atoms with Crippen LogP contribution in [0.2, 0.25) is 0 Å². The van der Waals surface area contributed by atoms with E-state index in [4.69, 9.17) is 9.72 Å². The van der Waals surface area contributed by atoms with Gasteiger partial charge in [0.15, 0.2) is 0 Å². The number of benzene rings is 8. The van der Waals surface area contributed by atoms with Crippen molar-refractivity contribution < 1.29 is 13.5 Å². The molecule has 2 aromatic heterocycles. The van der Waals surface area contributed by atoms with Gasteiger partial charge in [0.2, 0.25) is 0 Å². The Morgan fingerprint density at radius 1 is 0.506 bits per heavy atom. The summed E-state index contributed by atoms with van der Waals surface area (Å²) in [7, 11) is 0. The van der Waals surface area contributed by atoms with Crippen LogP contribution in [0.5, 0.6) is 11.5 Å². The van der Waals surface area contributed by atoms with Crippen LogP contribution in [0.15, 0.2) is 170 Å². The van der Waals surface area contributed by atoms with Gasteiger partial charge in [-0.15, -0.1) is 0 Å². The smallest absolute Gasteiger partial charge is 0.137 e. The second-order valence-corrected chi connectivity index (χ2v) is 23.8. The minimum Gasteiger partial charge on any atom is -0.457 e. The van der Waals surface area contributed by atoms with Crippen LogP contribution in [0.1, 0.15) is 114 Å². The molecule has 0 fully saturated rings. The van der Waals surface area contributed by atoms with Crippen LogP contribution in [-0.2, 0) is 10.8 Å². The number of ether oxygens (including phenoxy) is 1. The van der Waals surface area contributed by atoms with E-state index >= 15 is 8.78 Å². The fourth-order valence-electron chi connectivity index (χ4n) is 11.2. The topological polar surface area (TPSA) is 33.5 Å². The van der Waals surface area contributed by atoms with Crippen molar-refractivity contribution in [3.05, 3.63) is 215 Å². The molecule has 0 atom stereocenters. The van der Waals surface area contributed by atoms with Crippen molar-refractivity contribution in [1.29, 1.82) is 0 Å². The van der Waals surface area contributed by atoms with Crippen LogP contribution in [0.3, 0.4) is 0 Å². The molecule has 0 radical (unpaired) electrons. The van der Waals surface area contributed by atoms with E-state index in [0.717, 1.165) is 101 Å². The molecular weight excluding hydrogens is 951 g/mol. The quantitative estimate of drug-likeness (QED) is 0.137. The summed E-state index contributed by atoms with van der Waals surface area (Å²) in [5.41, 5.74) is 18.0. The molecule has 10 aromatic rings. The maximum absolute atomic E-state index is 15.6. The molecule has 0 saturated heterocycles. The molecule has 0 aliphatic carbocycles. The molecule has 8 aromatic carbocycles. The number of hydrogen-bond acceptors (Lipinski definition) is 4. The number of aryl methyl sites for hydroxylation is 2. The van der Waals surface area contributed by atoms with Gasteiger partial charge in [-0.25, -0.2) is 13.8 Å². The third kappa shape index (κ3) is 9.66. The third-order valence-corrected chi connectivity index (χ3v) is 15.5. The van der Waals surface area contributed by atoms with Crippen LogP contribution in [0, 0.1) is 25.5 Å². The average Bonchev–Trinajstić information content (AvgIpc) is 4.11. The highest BCUT2D eigenvalue weighted by molar-refractivity contribution is 6.09. The van der Waals surface area contributed by atoms with Gasteiger partial charge >= 0.3 is 0 Å². The normalized spacial score (nSPS) is 12.9. The highest BCUT2D eigenvalue weighted by Crippen LogP contribution is 2.53. The summed E-state index contributed by atoms with van der Waals surface area (Å²) in [5.74, 6) is 1.54. The number of nitrogens with zero attached hydrogens (tertiary/aromatic N) is 4. The molecule has 5 nitrogen and oxygen atoms in total. The van der Waals surface area contributed by atoms with Crippen molar-refractivity contribution in [2.75, 3.05) is 16.5 Å². The van der Waals surface area contributed by atoms with Crippen molar-refractivity contribution in [2.24, 2.45) is 0 Å². The predicted octanol–water partition coefficient (Wildman–Crippen LogP) is 20.0. The zero-order valence-electron chi connectivity index (χ0n) is 46.5. The third-order valence-electron chi connectivity index (χ3n) is 15.5. The van der Waals surface area contributed by atoms with Crippen molar-refractivity contribution in [2.45, 2.75) is 106 Å². The lowest BCUT2D eigenvalue weighted by Gasteiger charge is -2.31. The number of pyridine rings is 1. The van der Waals surface area contributed by atoms with Crippen LogP contribution >= 0.6 is 0 Å². The second kappa shape index (κ2) is 19.5. The summed E-state index contributed by atoms with van der Waals surface area (Å²) in [6.07, 6.45) is 1.91. The molecule has 11 rings (SSSR count). The molecule has 0 N–H and O–H groups in total. The molecule has 3 heterocycles. The Morgan fingerprint density at radius 3 is 1.74 bits per heavy atom. The van der Waals surface area contributed by atoms with Crippen molar-refractivity contribution in [3.8, 4) is 50.7 Å². The van der Waals surface area contributed by atoms with Gasteiger partial charge in [0.05, 0.1) is 28.1 Å². The SMILES string of the molecule is Cc1cccc(C)c1-c1cc(Oc2ccc3c4ccccc4n(-c4cc(C(C)(C)C)ccn4)c3c2)cc(N2CN(c3c(-c4cc(F)cc(F)c4)cc(C(C)(C)C)cc3-c3cc(C(C)C)cc(C(C)C)c3)c3ccccc32)c1. The minimum absolute atomic E-state index is 0.0606. The highest BCUT2D eigenvalue weighted by Gasteiger charge is 2.34. The summed E-state index contributed by atoms with van der Waals surface area (Å²) < 4.78 is 40.6. The fourth-order valence-corrected chi connectivity index (χ4v) is 11.2. The Balaban J connectivity index is 1.11. The van der Waals surface area contributed by atoms with Crippen molar-refractivity contribution >= 4 is 44.6 Å². The first kappa shape index (κ1) is 51.1. The van der Waals surface area contributed by atoms with E-state index in [2.05, 4.69) is 243 Å². The maximum atomic E-state index is 15.6. The first-order valence-corrected chi connectivity index (χ1v) is 27.0. The zero-order chi connectivity index (χ0) is 54.2. The number of aromatic nitrogens is 2. The van der Waals surface area contributed by atoms with E-state index in [1.807, 2.05) is 6.20 Å². The molecule has 7 heteroatoms. The van der Waals surface area contributed by atoms with Crippen molar-refractivity contribution in [1.82, 2.24) is 9.55 Å². The van der Waals surface area contributed by atoms with E-state index in [0.29, 0.717) is 23.7 Å². The summed E-state index contributed by atoms with van der Waals surface area (Å²) in [4.78, 5) is 9.63. The first-order valence-electron chi connectivity index (χ1n) is 27.0. The summed E-state index contributed by atoms with van der Waals surface area (Å²) in [6.45, 7) is 26.9. The van der Waals surface area contributed by atoms with E-state index in [-0.39, 0.29) is 22.7 Å². The van der Waals surface area contributed by atoms with Gasteiger partial charge < -0.3 is 14.5 Å². The molecule has 1 aliphatic heterocycles. The van der Waals surface area contributed by atoms with Crippen molar-refractivity contribution in [3.63, 3.8) is 0 Å². The molecule has 0 unspecified atom stereocenters. The van der Waals surface area contributed by atoms with Crippen LogP contribution in [0.25, 0.3) is 61.0 Å². The molecule has 0 bridgehead atoms. The molecule has 388 valence electrons. The lowest BCUT2D eigenvalue weighted by molar-refractivity contribution is 0.483. The number of anilines is 4. The molecular formula is C70H68F2N4O. The Kier molecular flexibility index (Phi) is 13.0. The van der Waals surface area contributed by atoms with E-state index in [1.165, 1.54) is 28.8 Å². The molecule has 77 heavy (non-hydrogen) atoms. The molecule has 0 spiro atoms. The zero-order valence-corrected chi connectivity index (χ0v) is 46.5. The van der Waals surface area contributed by atoms with Gasteiger partial charge in [-0.1, -0.05) is 136 Å². The summed E-state index contributed by atoms with van der Waals surface area (Å²) in [5, 5.41) is 2.25. The highest BCUT2D eigenvalue weighted by atomic mass is 19.1. The van der Waals surface area contributed by atoms with Crippen LogP contribution in [-0.4, -0.2) is 16.2 Å². The van der Waals surface area contributed by atoms with Gasteiger partial charge in [0.1, 0.15) is 35.6 Å². The molecule has 0 amide bonds. The molecule has 0 saturated carbocycles. The van der Waals surface area contributed by atoms with Gasteiger partial charge in [-0.3, -0.25) is 4.57 Å². The monoisotopic (exact) mass is 1020 g/mol. The van der Waals surface area contributed by atoms with Gasteiger partial charge in [-0.2, -0.15) is 0 Å². The molecule has 1 aliphatic rings. The van der Waals surface area contributed by atoms with Gasteiger partial charge in [0, 0.05) is 52.0 Å². The first-order chi connectivity index (χ1) is 36.7. The lowest BCUT2D eigenvalue weighted by atomic mass is 9.81. The number of fused-ring (bicyclic) bond motifs is 4. The number of rotatable bonds is 10. The van der Waals surface area contributed by atoms with Crippen LogP contribution < -0.4 is 14.5 Å². The maximum Gasteiger partial charge on any atom is 0.137 e. The van der Waals surface area contributed by atoms with Gasteiger partial charge in [0.25, 0.3) is 0 Å². The van der Waals surface area contributed by atoms with E-state index in [9.17, 15) is 0 Å². The Bertz CT molecular complexity index is 3860. The number of para-hydroxylation sites is 3. The van der Waals surface area contributed by atoms with E-state index in [1.54, 1.807) is 0 Å². The Hall–Kier alpha value is -8.03. The Labute approximate surface area is 453 Å². The summed E-state index contributed by atoms with van der Waals surface area (Å²) in [6, 6.07) is 55.9. The lowest BCUT2D eigenvalue weighted by Crippen LogP contribution is -2.25. The fraction of sp³-hybridized carbons (Fsp3) is 0.243. The Morgan fingerprint density at radius 2 is 1.10 bits per heavy atom. The van der Waals surface area contributed by atoms with Crippen LogP contribution in [0.4, 0.5) is 31.5 Å². The largest absolute Gasteiger partial charge is 0.457 e. The standard InChI is InChI=1S/C70H68F2N4O/c1-42(2)46-28-47(43(3)4)30-48(29-46)60-35-52(70(10,11)12)36-61(49-31-53(71)38-54(72)32-49)68(60)75-41-74(63-22-15-16-23-64(63)75)55-33-50(67-44(5)18-17-19-45(67)6)34-57(39-55)77-56-24-25-59-58-20-13-14-21-62(58)76(65(59)40-56)66-37-51(26-27-73-66)69(7,8)9/h13-40,42-43H,41H2,1-12H3. The van der Waals surface area contributed by atoms with E-state index < -0.39 is 11.6 Å². The average molecular weight is 1020 g/mol.